The number of carbonyl (C=O) groups is 1. The third kappa shape index (κ3) is 3.39. The van der Waals surface area contributed by atoms with E-state index < -0.39 is 0 Å². The number of pyridine rings is 1. The van der Waals surface area contributed by atoms with Crippen LogP contribution < -0.4 is 11.3 Å². The quantitative estimate of drug-likeness (QED) is 0.636. The molecule has 0 aliphatic carbocycles. The van der Waals surface area contributed by atoms with Gasteiger partial charge in [-0.3, -0.25) is 4.79 Å². The molecule has 3 N–H and O–H groups in total. The Labute approximate surface area is 117 Å². The minimum absolute atomic E-state index is 0.0565. The lowest BCUT2D eigenvalue weighted by atomic mass is 10.2. The van der Waals surface area contributed by atoms with Crippen molar-refractivity contribution in [1.82, 2.24) is 9.88 Å². The highest BCUT2D eigenvalue weighted by molar-refractivity contribution is 8.00. The van der Waals surface area contributed by atoms with Gasteiger partial charge in [0.2, 0.25) is 0 Å². The van der Waals surface area contributed by atoms with Gasteiger partial charge in [0, 0.05) is 34.8 Å². The molecule has 0 bridgehead atoms. The predicted octanol–water partition coefficient (Wildman–Crippen LogP) is 1.64. The maximum absolute atomic E-state index is 12.5. The standard InChI is InChI=1S/C13H20N4OS/c1-8-4-11(5-12(15-8)16-14)13(18)17-6-9(2)19-10(3)7-17/h4-5,9-10H,6-7,14H2,1-3H3,(H,15,16). The molecule has 2 heterocycles. The largest absolute Gasteiger partial charge is 0.336 e. The van der Waals surface area contributed by atoms with Crippen LogP contribution in [0.25, 0.3) is 0 Å². The fourth-order valence-corrected chi connectivity index (χ4v) is 3.72. The van der Waals surface area contributed by atoms with Gasteiger partial charge in [-0.1, -0.05) is 13.8 Å². The monoisotopic (exact) mass is 280 g/mol. The van der Waals surface area contributed by atoms with E-state index in [0.29, 0.717) is 21.9 Å². The number of carbonyl (C=O) groups excluding carboxylic acids is 1. The van der Waals surface area contributed by atoms with Crippen molar-refractivity contribution in [1.29, 1.82) is 0 Å². The van der Waals surface area contributed by atoms with E-state index in [4.69, 9.17) is 5.84 Å². The van der Waals surface area contributed by atoms with Crippen molar-refractivity contribution in [3.63, 3.8) is 0 Å². The van der Waals surface area contributed by atoms with Crippen LogP contribution in [-0.4, -0.2) is 39.4 Å². The van der Waals surface area contributed by atoms with Crippen LogP contribution in [0.1, 0.15) is 29.9 Å². The first-order valence-electron chi connectivity index (χ1n) is 6.39. The summed E-state index contributed by atoms with van der Waals surface area (Å²) >= 11 is 1.93. The Morgan fingerprint density at radius 3 is 2.63 bits per heavy atom. The molecule has 1 aromatic heterocycles. The first kappa shape index (κ1) is 14.1. The molecule has 1 fully saturated rings. The smallest absolute Gasteiger partial charge is 0.254 e. The third-order valence-electron chi connectivity index (χ3n) is 3.06. The van der Waals surface area contributed by atoms with Crippen molar-refractivity contribution in [3.8, 4) is 0 Å². The van der Waals surface area contributed by atoms with Gasteiger partial charge in [0.1, 0.15) is 5.82 Å². The summed E-state index contributed by atoms with van der Waals surface area (Å²) in [7, 11) is 0. The summed E-state index contributed by atoms with van der Waals surface area (Å²) in [4.78, 5) is 18.6. The van der Waals surface area contributed by atoms with Crippen molar-refractivity contribution in [2.75, 3.05) is 18.5 Å². The van der Waals surface area contributed by atoms with Gasteiger partial charge < -0.3 is 10.3 Å². The van der Waals surface area contributed by atoms with E-state index in [1.807, 2.05) is 23.6 Å². The zero-order valence-electron chi connectivity index (χ0n) is 11.5. The number of thioether (sulfide) groups is 1. The molecule has 5 nitrogen and oxygen atoms in total. The third-order valence-corrected chi connectivity index (χ3v) is 4.28. The minimum Gasteiger partial charge on any atom is -0.336 e. The molecule has 1 aromatic rings. The lowest BCUT2D eigenvalue weighted by molar-refractivity contribution is 0.0753. The van der Waals surface area contributed by atoms with Gasteiger partial charge >= 0.3 is 0 Å². The average molecular weight is 280 g/mol. The SMILES string of the molecule is Cc1cc(C(=O)N2CC(C)SC(C)C2)cc(NN)n1. The molecular formula is C13H20N4OS. The minimum atomic E-state index is 0.0565. The molecule has 2 rings (SSSR count). The molecular weight excluding hydrogens is 260 g/mol. The van der Waals surface area contributed by atoms with E-state index in [1.165, 1.54) is 0 Å². The van der Waals surface area contributed by atoms with Crippen molar-refractivity contribution in [2.45, 2.75) is 31.3 Å². The highest BCUT2D eigenvalue weighted by Gasteiger charge is 2.26. The van der Waals surface area contributed by atoms with Crippen LogP contribution in [-0.2, 0) is 0 Å². The lowest BCUT2D eigenvalue weighted by Gasteiger charge is -2.34. The fourth-order valence-electron chi connectivity index (χ4n) is 2.39. The molecule has 1 amide bonds. The Hall–Kier alpha value is -1.27. The number of hydrogen-bond donors (Lipinski definition) is 2. The van der Waals surface area contributed by atoms with Crippen molar-refractivity contribution < 1.29 is 4.79 Å². The first-order valence-corrected chi connectivity index (χ1v) is 7.34. The summed E-state index contributed by atoms with van der Waals surface area (Å²) in [6.45, 7) is 7.76. The van der Waals surface area contributed by atoms with E-state index in [2.05, 4.69) is 24.3 Å². The number of nitrogens with one attached hydrogen (secondary N) is 1. The summed E-state index contributed by atoms with van der Waals surface area (Å²) in [5.74, 6) is 5.95. The number of aromatic nitrogens is 1. The van der Waals surface area contributed by atoms with Crippen LogP contribution in [0.2, 0.25) is 0 Å². The number of nitrogens with zero attached hydrogens (tertiary/aromatic N) is 2. The molecule has 0 spiro atoms. The molecule has 1 aliphatic heterocycles. The molecule has 6 heteroatoms. The molecule has 0 saturated carbocycles. The fraction of sp³-hybridized carbons (Fsp3) is 0.538. The van der Waals surface area contributed by atoms with Gasteiger partial charge in [-0.2, -0.15) is 11.8 Å². The number of aryl methyl sites for hydroxylation is 1. The Kier molecular flexibility index (Phi) is 4.31. The number of nitrogen functional groups attached to an aromatic ring is 1. The number of hydrogen-bond acceptors (Lipinski definition) is 5. The van der Waals surface area contributed by atoms with Crippen LogP contribution in [0.4, 0.5) is 5.82 Å². The van der Waals surface area contributed by atoms with Gasteiger partial charge in [-0.15, -0.1) is 0 Å². The first-order chi connectivity index (χ1) is 8.99. The Bertz CT molecular complexity index is 470. The number of amides is 1. The summed E-state index contributed by atoms with van der Waals surface area (Å²) in [5, 5.41) is 0.950. The van der Waals surface area contributed by atoms with Gasteiger partial charge in [-0.25, -0.2) is 10.8 Å². The van der Waals surface area contributed by atoms with Crippen LogP contribution in [0.3, 0.4) is 0 Å². The van der Waals surface area contributed by atoms with Crippen LogP contribution in [0.5, 0.6) is 0 Å². The van der Waals surface area contributed by atoms with E-state index >= 15 is 0 Å². The van der Waals surface area contributed by atoms with Crippen LogP contribution in [0, 0.1) is 6.92 Å². The Balaban J connectivity index is 2.21. The molecule has 2 unspecified atom stereocenters. The highest BCUT2D eigenvalue weighted by atomic mass is 32.2. The van der Waals surface area contributed by atoms with E-state index in [9.17, 15) is 4.79 Å². The number of anilines is 1. The van der Waals surface area contributed by atoms with E-state index in [-0.39, 0.29) is 5.91 Å². The second-order valence-corrected chi connectivity index (χ2v) is 6.88. The molecule has 104 valence electrons. The van der Waals surface area contributed by atoms with Crippen molar-refractivity contribution >= 4 is 23.5 Å². The Morgan fingerprint density at radius 2 is 2.05 bits per heavy atom. The zero-order chi connectivity index (χ0) is 14.0. The van der Waals surface area contributed by atoms with Gasteiger partial charge in [0.25, 0.3) is 5.91 Å². The number of hydrazine groups is 1. The normalized spacial score (nSPS) is 23.3. The topological polar surface area (TPSA) is 71.2 Å². The number of rotatable bonds is 2. The maximum Gasteiger partial charge on any atom is 0.254 e. The predicted molar refractivity (Wildman–Crippen MR) is 79.2 cm³/mol. The zero-order valence-corrected chi connectivity index (χ0v) is 12.3. The summed E-state index contributed by atoms with van der Waals surface area (Å²) in [6.07, 6.45) is 0. The van der Waals surface area contributed by atoms with Crippen LogP contribution >= 0.6 is 11.8 Å². The Morgan fingerprint density at radius 1 is 1.42 bits per heavy atom. The second kappa shape index (κ2) is 5.79. The molecule has 1 aliphatic rings. The summed E-state index contributed by atoms with van der Waals surface area (Å²) in [6, 6.07) is 3.51. The lowest BCUT2D eigenvalue weighted by Crippen LogP contribution is -2.44. The molecule has 19 heavy (non-hydrogen) atoms. The van der Waals surface area contributed by atoms with E-state index in [0.717, 1.165) is 18.8 Å². The summed E-state index contributed by atoms with van der Waals surface area (Å²) in [5.41, 5.74) is 3.93. The number of nitrogens with two attached hydrogens (primary N) is 1. The molecule has 0 aromatic carbocycles. The van der Waals surface area contributed by atoms with Gasteiger partial charge in [0.15, 0.2) is 0 Å². The maximum atomic E-state index is 12.5. The van der Waals surface area contributed by atoms with Gasteiger partial charge in [0.05, 0.1) is 0 Å². The van der Waals surface area contributed by atoms with Gasteiger partial charge in [-0.05, 0) is 19.1 Å². The summed E-state index contributed by atoms with van der Waals surface area (Å²) < 4.78 is 0. The van der Waals surface area contributed by atoms with Crippen molar-refractivity contribution in [2.24, 2.45) is 5.84 Å². The van der Waals surface area contributed by atoms with E-state index in [1.54, 1.807) is 12.1 Å². The molecule has 1 saturated heterocycles. The molecule has 2 atom stereocenters. The van der Waals surface area contributed by atoms with Crippen molar-refractivity contribution in [3.05, 3.63) is 23.4 Å². The molecule has 0 radical (unpaired) electrons. The van der Waals surface area contributed by atoms with Crippen LogP contribution in [0.15, 0.2) is 12.1 Å². The average Bonchev–Trinajstić information content (AvgIpc) is 2.35. The highest BCUT2D eigenvalue weighted by Crippen LogP contribution is 2.26. The second-order valence-electron chi connectivity index (χ2n) is 4.99.